The van der Waals surface area contributed by atoms with E-state index in [1.807, 2.05) is 66.7 Å². The minimum absolute atomic E-state index is 0.353. The predicted molar refractivity (Wildman–Crippen MR) is 95.5 cm³/mol. The molecular formula is C21H20O3. The molecule has 0 amide bonds. The molecule has 0 saturated heterocycles. The number of carboxylic acid groups (broad SMARTS) is 1. The molecule has 3 aromatic rings. The van der Waals surface area contributed by atoms with Crippen LogP contribution < -0.4 is 4.74 Å². The molecule has 3 heteroatoms. The molecule has 0 aliphatic carbocycles. The van der Waals surface area contributed by atoms with Crippen molar-refractivity contribution in [2.24, 2.45) is 0 Å². The minimum Gasteiger partial charge on any atom is -0.478 e. The fourth-order valence-electron chi connectivity index (χ4n) is 2.89. The zero-order valence-electron chi connectivity index (χ0n) is 13.6. The summed E-state index contributed by atoms with van der Waals surface area (Å²) in [6.07, 6.45) is 0.323. The third-order valence-corrected chi connectivity index (χ3v) is 4.18. The number of hydrogen-bond acceptors (Lipinski definition) is 2. The summed E-state index contributed by atoms with van der Waals surface area (Å²) in [4.78, 5) is 11.6. The van der Waals surface area contributed by atoms with Crippen molar-refractivity contribution in [1.29, 1.82) is 0 Å². The van der Waals surface area contributed by atoms with E-state index in [-0.39, 0.29) is 0 Å². The van der Waals surface area contributed by atoms with Crippen LogP contribution in [0.15, 0.2) is 66.7 Å². The van der Waals surface area contributed by atoms with E-state index in [9.17, 15) is 9.90 Å². The lowest BCUT2D eigenvalue weighted by molar-refractivity contribution is -0.145. The third-order valence-electron chi connectivity index (χ3n) is 4.18. The van der Waals surface area contributed by atoms with Gasteiger partial charge in [-0.3, -0.25) is 0 Å². The number of benzene rings is 3. The molecule has 0 radical (unpaired) electrons. The first-order valence-electron chi connectivity index (χ1n) is 8.12. The van der Waals surface area contributed by atoms with E-state index < -0.39 is 12.1 Å². The largest absolute Gasteiger partial charge is 0.478 e. The van der Waals surface area contributed by atoms with Gasteiger partial charge >= 0.3 is 5.97 Å². The molecule has 0 fully saturated rings. The van der Waals surface area contributed by atoms with Gasteiger partial charge < -0.3 is 9.84 Å². The van der Waals surface area contributed by atoms with Crippen LogP contribution in [0.1, 0.15) is 18.1 Å². The van der Waals surface area contributed by atoms with Gasteiger partial charge in [0.15, 0.2) is 6.10 Å². The number of aliphatic carboxylic acids is 1. The first-order valence-corrected chi connectivity index (χ1v) is 8.12. The van der Waals surface area contributed by atoms with Gasteiger partial charge in [-0.2, -0.15) is 0 Å². The van der Waals surface area contributed by atoms with Crippen LogP contribution in [-0.2, 0) is 17.6 Å². The molecule has 0 unspecified atom stereocenters. The Morgan fingerprint density at radius 2 is 1.62 bits per heavy atom. The molecule has 0 aliphatic rings. The topological polar surface area (TPSA) is 46.5 Å². The molecule has 0 bridgehead atoms. The molecule has 0 heterocycles. The number of fused-ring (bicyclic) bond motifs is 1. The van der Waals surface area contributed by atoms with Crippen molar-refractivity contribution in [3.05, 3.63) is 77.9 Å². The zero-order chi connectivity index (χ0) is 16.9. The summed E-state index contributed by atoms with van der Waals surface area (Å²) >= 11 is 0. The van der Waals surface area contributed by atoms with Crippen LogP contribution in [0.25, 0.3) is 10.8 Å². The van der Waals surface area contributed by atoms with Crippen molar-refractivity contribution in [1.82, 2.24) is 0 Å². The molecular weight excluding hydrogens is 300 g/mol. The highest BCUT2D eigenvalue weighted by Gasteiger charge is 2.21. The van der Waals surface area contributed by atoms with Gasteiger partial charge in [0.1, 0.15) is 5.75 Å². The van der Waals surface area contributed by atoms with Crippen LogP contribution in [-0.4, -0.2) is 17.2 Å². The quantitative estimate of drug-likeness (QED) is 0.728. The van der Waals surface area contributed by atoms with Crippen LogP contribution in [0, 0.1) is 0 Å². The fourth-order valence-corrected chi connectivity index (χ4v) is 2.89. The molecule has 0 spiro atoms. The standard InChI is InChI=1S/C21H20O3/c1-2-15-7-3-5-10-18(15)14-20(21(22)23)24-19-12-11-16-8-4-6-9-17(16)13-19/h3-13,20H,2,14H2,1H3,(H,22,23)/t20-/m0/s1. The van der Waals surface area contributed by atoms with Gasteiger partial charge in [-0.25, -0.2) is 4.79 Å². The molecule has 1 N–H and O–H groups in total. The normalized spacial score (nSPS) is 12.0. The Kier molecular flexibility index (Phi) is 4.80. The van der Waals surface area contributed by atoms with Crippen molar-refractivity contribution in [2.45, 2.75) is 25.9 Å². The van der Waals surface area contributed by atoms with Crippen LogP contribution in [0.2, 0.25) is 0 Å². The SMILES string of the molecule is CCc1ccccc1C[C@H](Oc1ccc2ccccc2c1)C(=O)O. The second kappa shape index (κ2) is 7.18. The Morgan fingerprint density at radius 3 is 2.33 bits per heavy atom. The van der Waals surface area contributed by atoms with E-state index in [2.05, 4.69) is 6.92 Å². The Bertz CT molecular complexity index is 854. The summed E-state index contributed by atoms with van der Waals surface area (Å²) in [5.74, 6) is -0.371. The first kappa shape index (κ1) is 16.1. The lowest BCUT2D eigenvalue weighted by Crippen LogP contribution is -2.29. The zero-order valence-corrected chi connectivity index (χ0v) is 13.6. The monoisotopic (exact) mass is 320 g/mol. The van der Waals surface area contributed by atoms with Gasteiger partial charge in [0.2, 0.25) is 0 Å². The number of hydrogen-bond donors (Lipinski definition) is 1. The Balaban J connectivity index is 1.84. The minimum atomic E-state index is -0.950. The van der Waals surface area contributed by atoms with E-state index in [1.54, 1.807) is 0 Å². The number of rotatable bonds is 6. The number of carbonyl (C=O) groups is 1. The van der Waals surface area contributed by atoms with Gasteiger partial charge in [-0.1, -0.05) is 61.5 Å². The lowest BCUT2D eigenvalue weighted by Gasteiger charge is -2.17. The summed E-state index contributed by atoms with van der Waals surface area (Å²) in [5, 5.41) is 11.7. The number of aryl methyl sites for hydroxylation is 1. The Hall–Kier alpha value is -2.81. The Labute approximate surface area is 141 Å². The lowest BCUT2D eigenvalue weighted by atomic mass is 10.00. The van der Waals surface area contributed by atoms with Gasteiger partial charge in [0.25, 0.3) is 0 Å². The van der Waals surface area contributed by atoms with E-state index in [1.165, 1.54) is 0 Å². The van der Waals surface area contributed by atoms with Crippen LogP contribution in [0.3, 0.4) is 0 Å². The van der Waals surface area contributed by atoms with Crippen molar-refractivity contribution in [2.75, 3.05) is 0 Å². The van der Waals surface area contributed by atoms with E-state index in [0.29, 0.717) is 12.2 Å². The van der Waals surface area contributed by atoms with Crippen molar-refractivity contribution in [3.63, 3.8) is 0 Å². The first-order chi connectivity index (χ1) is 11.7. The molecule has 3 nitrogen and oxygen atoms in total. The average Bonchev–Trinajstić information content (AvgIpc) is 2.61. The number of ether oxygens (including phenoxy) is 1. The van der Waals surface area contributed by atoms with Crippen LogP contribution in [0.5, 0.6) is 5.75 Å². The maximum Gasteiger partial charge on any atom is 0.345 e. The number of carboxylic acids is 1. The maximum atomic E-state index is 11.6. The average molecular weight is 320 g/mol. The Morgan fingerprint density at radius 1 is 0.958 bits per heavy atom. The van der Waals surface area contributed by atoms with E-state index in [4.69, 9.17) is 4.74 Å². The summed E-state index contributed by atoms with van der Waals surface area (Å²) in [7, 11) is 0. The second-order valence-electron chi connectivity index (χ2n) is 5.78. The highest BCUT2D eigenvalue weighted by atomic mass is 16.5. The summed E-state index contributed by atoms with van der Waals surface area (Å²) in [5.41, 5.74) is 2.18. The van der Waals surface area contributed by atoms with Crippen molar-refractivity contribution < 1.29 is 14.6 Å². The molecule has 1 atom stereocenters. The molecule has 3 rings (SSSR count). The third kappa shape index (κ3) is 3.57. The molecule has 0 saturated carbocycles. The van der Waals surface area contributed by atoms with Crippen LogP contribution in [0.4, 0.5) is 0 Å². The fraction of sp³-hybridized carbons (Fsp3) is 0.190. The predicted octanol–water partition coefficient (Wildman–Crippen LogP) is 4.48. The molecule has 24 heavy (non-hydrogen) atoms. The smallest absolute Gasteiger partial charge is 0.345 e. The van der Waals surface area contributed by atoms with Crippen molar-refractivity contribution >= 4 is 16.7 Å². The van der Waals surface area contributed by atoms with Crippen molar-refractivity contribution in [3.8, 4) is 5.75 Å². The highest BCUT2D eigenvalue weighted by molar-refractivity contribution is 5.84. The molecule has 0 aliphatic heterocycles. The maximum absolute atomic E-state index is 11.6. The van der Waals surface area contributed by atoms with E-state index in [0.717, 1.165) is 28.3 Å². The molecule has 122 valence electrons. The van der Waals surface area contributed by atoms with Gasteiger partial charge in [-0.05, 0) is 40.5 Å². The van der Waals surface area contributed by atoms with E-state index >= 15 is 0 Å². The van der Waals surface area contributed by atoms with Gasteiger partial charge in [-0.15, -0.1) is 0 Å². The molecule has 0 aromatic heterocycles. The highest BCUT2D eigenvalue weighted by Crippen LogP contribution is 2.23. The van der Waals surface area contributed by atoms with Gasteiger partial charge in [0, 0.05) is 6.42 Å². The van der Waals surface area contributed by atoms with Gasteiger partial charge in [0.05, 0.1) is 0 Å². The van der Waals surface area contributed by atoms with Crippen LogP contribution >= 0.6 is 0 Å². The molecule has 3 aromatic carbocycles. The summed E-state index contributed by atoms with van der Waals surface area (Å²) < 4.78 is 5.79. The summed E-state index contributed by atoms with van der Waals surface area (Å²) in [6.45, 7) is 2.07. The second-order valence-corrected chi connectivity index (χ2v) is 5.78. The summed E-state index contributed by atoms with van der Waals surface area (Å²) in [6, 6.07) is 21.5.